The van der Waals surface area contributed by atoms with Crippen LogP contribution < -0.4 is 5.56 Å². The van der Waals surface area contributed by atoms with Crippen molar-refractivity contribution in [2.24, 2.45) is 7.05 Å². The van der Waals surface area contributed by atoms with E-state index in [1.54, 1.807) is 6.92 Å². The molecule has 0 spiro atoms. The van der Waals surface area contributed by atoms with E-state index in [-0.39, 0.29) is 10.7 Å². The van der Waals surface area contributed by atoms with Crippen molar-refractivity contribution in [2.75, 3.05) is 0 Å². The van der Waals surface area contributed by atoms with E-state index in [9.17, 15) is 18.0 Å². The topological polar surface area (TPSA) is 76.5 Å². The smallest absolute Gasteiger partial charge is 0.309 e. The highest BCUT2D eigenvalue weighted by Crippen LogP contribution is 2.37. The third kappa shape index (κ3) is 3.35. The van der Waals surface area contributed by atoms with Crippen molar-refractivity contribution in [1.29, 1.82) is 0 Å². The number of rotatable bonds is 4. The van der Waals surface area contributed by atoms with Gasteiger partial charge in [-0.15, -0.1) is 32.9 Å². The summed E-state index contributed by atoms with van der Waals surface area (Å²) in [5.41, 5.74) is 0.560. The lowest BCUT2D eigenvalue weighted by Crippen LogP contribution is -2.14. The van der Waals surface area contributed by atoms with Crippen LogP contribution in [0, 0.1) is 0 Å². The second kappa shape index (κ2) is 7.01. The van der Waals surface area contributed by atoms with E-state index in [0.29, 0.717) is 16.0 Å². The summed E-state index contributed by atoms with van der Waals surface area (Å²) in [5.74, 6) is -0.698. The molecule has 4 aromatic rings. The molecule has 0 aliphatic carbocycles. The van der Waals surface area contributed by atoms with E-state index in [0.717, 1.165) is 26.8 Å². The van der Waals surface area contributed by atoms with Crippen LogP contribution in [0.3, 0.4) is 0 Å². The molecule has 0 amide bonds. The summed E-state index contributed by atoms with van der Waals surface area (Å²) in [4.78, 5) is 21.5. The minimum absolute atomic E-state index is 0.0908. The molecule has 6 nitrogen and oxygen atoms in total. The Bertz CT molecular complexity index is 1190. The second-order valence-corrected chi connectivity index (χ2v) is 8.99. The largest absolute Gasteiger partial charge is 0.451 e. The molecule has 0 fully saturated rings. The minimum Gasteiger partial charge on any atom is -0.309 e. The van der Waals surface area contributed by atoms with Crippen LogP contribution in [-0.4, -0.2) is 24.7 Å². The van der Waals surface area contributed by atoms with Crippen molar-refractivity contribution < 1.29 is 13.2 Å². The molecule has 12 heteroatoms. The van der Waals surface area contributed by atoms with Gasteiger partial charge in [0, 0.05) is 22.9 Å². The number of aromatic amines is 1. The standard InChI is InChI=1S/C16H12F3N5OS3/c1-7(28-15-23-22-14(24(15)2)16(17,18)19)11-20-12(25)10-8(6-27-13(10)21-11)9-4-3-5-26-9/h3-7H,1-2H3,(H,20,21,25). The van der Waals surface area contributed by atoms with Crippen LogP contribution in [0.25, 0.3) is 20.7 Å². The Hall–Kier alpha value is -2.18. The highest BCUT2D eigenvalue weighted by molar-refractivity contribution is 7.99. The molecule has 1 unspecified atom stereocenters. The molecule has 4 heterocycles. The second-order valence-electron chi connectivity index (χ2n) is 5.88. The summed E-state index contributed by atoms with van der Waals surface area (Å²) < 4.78 is 39.5. The molecule has 0 aromatic carbocycles. The SMILES string of the molecule is CC(Sc1nnc(C(F)(F)F)n1C)c1nc2scc(-c3cccs3)c2c(=O)[nH]1. The number of thioether (sulfide) groups is 1. The summed E-state index contributed by atoms with van der Waals surface area (Å²) in [5, 5.41) is 10.8. The average Bonchev–Trinajstić information content (AvgIpc) is 3.34. The van der Waals surface area contributed by atoms with Crippen molar-refractivity contribution in [1.82, 2.24) is 24.7 Å². The zero-order valence-corrected chi connectivity index (χ0v) is 16.9. The van der Waals surface area contributed by atoms with Crippen molar-refractivity contribution in [3.05, 3.63) is 44.9 Å². The molecule has 0 bridgehead atoms. The lowest BCUT2D eigenvalue weighted by Gasteiger charge is -2.11. The first kappa shape index (κ1) is 19.2. The predicted molar refractivity (Wildman–Crippen MR) is 104 cm³/mol. The highest BCUT2D eigenvalue weighted by atomic mass is 32.2. The van der Waals surface area contributed by atoms with Crippen molar-refractivity contribution in [3.63, 3.8) is 0 Å². The Labute approximate surface area is 168 Å². The molecular weight excluding hydrogens is 431 g/mol. The fourth-order valence-corrected chi connectivity index (χ4v) is 5.29. The molecule has 0 aliphatic rings. The molecule has 4 aromatic heterocycles. The summed E-state index contributed by atoms with van der Waals surface area (Å²) >= 11 is 3.94. The normalized spacial score (nSPS) is 13.3. The fourth-order valence-electron chi connectivity index (χ4n) is 2.65. The summed E-state index contributed by atoms with van der Waals surface area (Å²) in [6, 6.07) is 3.85. The number of thiophene rings is 2. The Morgan fingerprint density at radius 1 is 1.29 bits per heavy atom. The Kier molecular flexibility index (Phi) is 4.79. The van der Waals surface area contributed by atoms with Gasteiger partial charge in [0.25, 0.3) is 5.56 Å². The van der Waals surface area contributed by atoms with E-state index < -0.39 is 17.3 Å². The highest BCUT2D eigenvalue weighted by Gasteiger charge is 2.37. The number of H-pyrrole nitrogens is 1. The van der Waals surface area contributed by atoms with Crippen molar-refractivity contribution in [2.45, 2.75) is 23.5 Å². The van der Waals surface area contributed by atoms with Gasteiger partial charge in [0.2, 0.25) is 5.82 Å². The van der Waals surface area contributed by atoms with Crippen LogP contribution in [-0.2, 0) is 13.2 Å². The Morgan fingerprint density at radius 3 is 2.71 bits per heavy atom. The quantitative estimate of drug-likeness (QED) is 0.462. The summed E-state index contributed by atoms with van der Waals surface area (Å²) in [6.45, 7) is 1.74. The first-order valence-electron chi connectivity index (χ1n) is 7.94. The van der Waals surface area contributed by atoms with Crippen LogP contribution in [0.1, 0.15) is 23.8 Å². The van der Waals surface area contributed by atoms with Gasteiger partial charge in [0.1, 0.15) is 10.7 Å². The third-order valence-corrected chi connectivity index (χ3v) is 6.92. The molecule has 146 valence electrons. The Balaban J connectivity index is 1.67. The predicted octanol–water partition coefficient (Wildman–Crippen LogP) is 4.71. The monoisotopic (exact) mass is 443 g/mol. The molecule has 0 radical (unpaired) electrons. The van der Waals surface area contributed by atoms with Gasteiger partial charge >= 0.3 is 6.18 Å². The van der Waals surface area contributed by atoms with Crippen LogP contribution in [0.5, 0.6) is 0 Å². The number of fused-ring (bicyclic) bond motifs is 1. The molecule has 1 N–H and O–H groups in total. The first-order chi connectivity index (χ1) is 13.3. The number of alkyl halides is 3. The summed E-state index contributed by atoms with van der Waals surface area (Å²) in [6.07, 6.45) is -4.58. The molecule has 0 aliphatic heterocycles. The molecule has 0 saturated carbocycles. The number of nitrogens with one attached hydrogen (secondary N) is 1. The van der Waals surface area contributed by atoms with Gasteiger partial charge in [0.05, 0.1) is 10.6 Å². The fraction of sp³-hybridized carbons (Fsp3) is 0.250. The number of hydrogen-bond acceptors (Lipinski definition) is 7. The van der Waals surface area contributed by atoms with Crippen LogP contribution >= 0.6 is 34.4 Å². The van der Waals surface area contributed by atoms with Gasteiger partial charge in [-0.05, 0) is 18.4 Å². The zero-order valence-electron chi connectivity index (χ0n) is 14.4. The number of nitrogens with zero attached hydrogens (tertiary/aromatic N) is 4. The van der Waals surface area contributed by atoms with E-state index in [1.165, 1.54) is 29.7 Å². The van der Waals surface area contributed by atoms with Gasteiger partial charge in [-0.3, -0.25) is 4.79 Å². The van der Waals surface area contributed by atoms with E-state index in [1.807, 2.05) is 22.9 Å². The lowest BCUT2D eigenvalue weighted by molar-refractivity contribution is -0.147. The third-order valence-electron chi connectivity index (χ3n) is 4.00. The van der Waals surface area contributed by atoms with Crippen LogP contribution in [0.2, 0.25) is 0 Å². The first-order valence-corrected chi connectivity index (χ1v) is 10.6. The van der Waals surface area contributed by atoms with Crippen molar-refractivity contribution in [3.8, 4) is 10.4 Å². The summed E-state index contributed by atoms with van der Waals surface area (Å²) in [7, 11) is 1.25. The van der Waals surface area contributed by atoms with E-state index >= 15 is 0 Å². The van der Waals surface area contributed by atoms with E-state index in [4.69, 9.17) is 0 Å². The maximum Gasteiger partial charge on any atom is 0.451 e. The number of hydrogen-bond donors (Lipinski definition) is 1. The van der Waals surface area contributed by atoms with Crippen molar-refractivity contribution >= 4 is 44.7 Å². The van der Waals surface area contributed by atoms with Gasteiger partial charge in [-0.2, -0.15) is 13.2 Å². The van der Waals surface area contributed by atoms with Crippen LogP contribution in [0.15, 0.2) is 32.8 Å². The lowest BCUT2D eigenvalue weighted by atomic mass is 10.2. The number of aromatic nitrogens is 5. The van der Waals surface area contributed by atoms with Gasteiger partial charge in [-0.25, -0.2) is 4.98 Å². The zero-order chi connectivity index (χ0) is 20.1. The maximum absolute atomic E-state index is 12.9. The molecule has 1 atom stereocenters. The molecular formula is C16H12F3N5OS3. The molecule has 0 saturated heterocycles. The average molecular weight is 444 g/mol. The van der Waals surface area contributed by atoms with Gasteiger partial charge in [-0.1, -0.05) is 17.8 Å². The Morgan fingerprint density at radius 2 is 2.07 bits per heavy atom. The number of halogens is 3. The van der Waals surface area contributed by atoms with Gasteiger partial charge < -0.3 is 9.55 Å². The maximum atomic E-state index is 12.9. The minimum atomic E-state index is -4.58. The van der Waals surface area contributed by atoms with Crippen LogP contribution in [0.4, 0.5) is 13.2 Å². The molecule has 4 rings (SSSR count). The molecule has 28 heavy (non-hydrogen) atoms. The van der Waals surface area contributed by atoms with Gasteiger partial charge in [0.15, 0.2) is 5.16 Å². The van der Waals surface area contributed by atoms with E-state index in [2.05, 4.69) is 20.2 Å².